The Morgan fingerprint density at radius 3 is 2.73 bits per heavy atom. The molecule has 3 rings (SSSR count). The van der Waals surface area contributed by atoms with Crippen molar-refractivity contribution in [2.45, 2.75) is 33.3 Å². The topological polar surface area (TPSA) is 54.2 Å². The van der Waals surface area contributed by atoms with E-state index in [0.717, 1.165) is 31.0 Å². The minimum Gasteiger partial charge on any atom is -0.392 e. The molecule has 0 aliphatic carbocycles. The smallest absolute Gasteiger partial charge is 0.153 e. The van der Waals surface area contributed by atoms with Gasteiger partial charge < -0.3 is 10.0 Å². The van der Waals surface area contributed by atoms with Crippen LogP contribution in [0.25, 0.3) is 5.82 Å². The fourth-order valence-electron chi connectivity index (χ4n) is 3.09. The molecule has 118 valence electrons. The van der Waals surface area contributed by atoms with E-state index >= 15 is 0 Å². The summed E-state index contributed by atoms with van der Waals surface area (Å²) < 4.78 is 1.75. The third-order valence-electron chi connectivity index (χ3n) is 4.40. The lowest BCUT2D eigenvalue weighted by molar-refractivity contribution is 0.0192. The molecular formula is C17H24N4O. The molecule has 1 aliphatic heterocycles. The molecule has 5 heteroatoms. The van der Waals surface area contributed by atoms with Crippen molar-refractivity contribution in [1.29, 1.82) is 0 Å². The molecule has 2 aromatic rings. The number of rotatable bonds is 3. The Labute approximate surface area is 131 Å². The van der Waals surface area contributed by atoms with Crippen LogP contribution in [0.4, 0.5) is 5.69 Å². The number of hydrogen-bond donors (Lipinski definition) is 1. The zero-order chi connectivity index (χ0) is 15.7. The number of pyridine rings is 1. The van der Waals surface area contributed by atoms with Gasteiger partial charge in [-0.1, -0.05) is 20.8 Å². The largest absolute Gasteiger partial charge is 0.392 e. The fraction of sp³-hybridized carbons (Fsp3) is 0.529. The number of aliphatic hydroxyl groups is 1. The Bertz CT molecular complexity index is 601. The molecule has 0 saturated carbocycles. The van der Waals surface area contributed by atoms with Gasteiger partial charge in [0.05, 0.1) is 18.0 Å². The van der Waals surface area contributed by atoms with Crippen molar-refractivity contribution in [3.8, 4) is 5.82 Å². The molecule has 22 heavy (non-hydrogen) atoms. The fourth-order valence-corrected chi connectivity index (χ4v) is 3.09. The van der Waals surface area contributed by atoms with Crippen LogP contribution >= 0.6 is 0 Å². The summed E-state index contributed by atoms with van der Waals surface area (Å²) in [6.45, 7) is 8.16. The van der Waals surface area contributed by atoms with Crippen LogP contribution in [0.2, 0.25) is 0 Å². The van der Waals surface area contributed by atoms with Gasteiger partial charge >= 0.3 is 0 Å². The first-order valence-corrected chi connectivity index (χ1v) is 7.84. The lowest BCUT2D eigenvalue weighted by Crippen LogP contribution is -2.35. The summed E-state index contributed by atoms with van der Waals surface area (Å²) in [7, 11) is 0. The lowest BCUT2D eigenvalue weighted by atomic mass is 9.81. The first-order valence-electron chi connectivity index (χ1n) is 7.84. The van der Waals surface area contributed by atoms with Gasteiger partial charge in [-0.15, -0.1) is 0 Å². The van der Waals surface area contributed by atoms with Gasteiger partial charge in [0.2, 0.25) is 0 Å². The van der Waals surface area contributed by atoms with Crippen LogP contribution in [0.15, 0.2) is 36.8 Å². The van der Waals surface area contributed by atoms with E-state index in [9.17, 15) is 5.11 Å². The Morgan fingerprint density at radius 1 is 1.32 bits per heavy atom. The molecule has 0 bridgehead atoms. The molecule has 0 aromatic carbocycles. The molecule has 2 atom stereocenters. The SMILES string of the molecule is CC(C)(C)[C@@H](O)C1CCN(c2ccc(-n3cccn3)nc2)C1. The highest BCUT2D eigenvalue weighted by molar-refractivity contribution is 5.47. The van der Waals surface area contributed by atoms with E-state index in [1.54, 1.807) is 10.9 Å². The second kappa shape index (κ2) is 5.72. The molecular weight excluding hydrogens is 276 g/mol. The number of aliphatic hydroxyl groups excluding tert-OH is 1. The number of nitrogens with zero attached hydrogens (tertiary/aromatic N) is 4. The van der Waals surface area contributed by atoms with Gasteiger partial charge in [-0.25, -0.2) is 9.67 Å². The summed E-state index contributed by atoms with van der Waals surface area (Å²) in [5.41, 5.74) is 1.04. The molecule has 3 heterocycles. The molecule has 1 fully saturated rings. The van der Waals surface area contributed by atoms with Crippen molar-refractivity contribution in [2.75, 3.05) is 18.0 Å². The number of aromatic nitrogens is 3. The predicted octanol–water partition coefficient (Wildman–Crippen LogP) is 2.50. The van der Waals surface area contributed by atoms with Gasteiger partial charge in [0, 0.05) is 31.4 Å². The molecule has 1 N–H and O–H groups in total. The molecule has 0 radical (unpaired) electrons. The van der Waals surface area contributed by atoms with Crippen LogP contribution in [0.3, 0.4) is 0 Å². The highest BCUT2D eigenvalue weighted by Crippen LogP contribution is 2.32. The molecule has 0 spiro atoms. The Hall–Kier alpha value is -1.88. The zero-order valence-corrected chi connectivity index (χ0v) is 13.5. The maximum atomic E-state index is 10.5. The van der Waals surface area contributed by atoms with Crippen molar-refractivity contribution < 1.29 is 5.11 Å². The minimum absolute atomic E-state index is 0.0666. The summed E-state index contributed by atoms with van der Waals surface area (Å²) >= 11 is 0. The van der Waals surface area contributed by atoms with E-state index in [4.69, 9.17) is 0 Å². The van der Waals surface area contributed by atoms with Crippen molar-refractivity contribution in [1.82, 2.24) is 14.8 Å². The summed E-state index contributed by atoms with van der Waals surface area (Å²) in [5.74, 6) is 1.14. The second-order valence-electron chi connectivity index (χ2n) is 7.13. The molecule has 1 unspecified atom stereocenters. The van der Waals surface area contributed by atoms with Crippen molar-refractivity contribution in [3.05, 3.63) is 36.8 Å². The maximum absolute atomic E-state index is 10.5. The molecule has 1 aliphatic rings. The summed E-state index contributed by atoms with van der Waals surface area (Å²) in [6, 6.07) is 5.94. The third-order valence-corrected chi connectivity index (χ3v) is 4.40. The first-order chi connectivity index (χ1) is 10.4. The van der Waals surface area contributed by atoms with Gasteiger partial charge in [0.15, 0.2) is 5.82 Å². The Balaban J connectivity index is 1.68. The molecule has 2 aromatic heterocycles. The maximum Gasteiger partial charge on any atom is 0.153 e. The first kappa shape index (κ1) is 15.0. The Kier molecular flexibility index (Phi) is 3.91. The summed E-state index contributed by atoms with van der Waals surface area (Å²) in [4.78, 5) is 6.79. The van der Waals surface area contributed by atoms with Crippen LogP contribution in [0, 0.1) is 11.3 Å². The van der Waals surface area contributed by atoms with Crippen LogP contribution in [-0.4, -0.2) is 39.1 Å². The normalized spacial score (nSPS) is 20.4. The molecule has 5 nitrogen and oxygen atoms in total. The third kappa shape index (κ3) is 2.99. The van der Waals surface area contributed by atoms with Crippen LogP contribution in [0.1, 0.15) is 27.2 Å². The van der Waals surface area contributed by atoms with Crippen LogP contribution in [-0.2, 0) is 0 Å². The standard InChI is InChI=1S/C17H24N4O/c1-17(2,3)16(22)13-7-10-20(12-13)14-5-6-15(18-11-14)21-9-4-8-19-21/h4-6,8-9,11,13,16,22H,7,10,12H2,1-3H3/t13?,16-/m0/s1. The van der Waals surface area contributed by atoms with E-state index in [-0.39, 0.29) is 11.5 Å². The van der Waals surface area contributed by atoms with Gasteiger partial charge in [-0.2, -0.15) is 5.10 Å². The highest BCUT2D eigenvalue weighted by atomic mass is 16.3. The van der Waals surface area contributed by atoms with E-state index in [2.05, 4.69) is 41.8 Å². The number of hydrogen-bond acceptors (Lipinski definition) is 4. The van der Waals surface area contributed by atoms with Crippen molar-refractivity contribution in [2.24, 2.45) is 11.3 Å². The monoisotopic (exact) mass is 300 g/mol. The van der Waals surface area contributed by atoms with E-state index < -0.39 is 0 Å². The molecule has 1 saturated heterocycles. The quantitative estimate of drug-likeness (QED) is 0.946. The Morgan fingerprint density at radius 2 is 2.14 bits per heavy atom. The number of anilines is 1. The average Bonchev–Trinajstić information content (AvgIpc) is 3.17. The van der Waals surface area contributed by atoms with E-state index in [0.29, 0.717) is 5.92 Å². The summed E-state index contributed by atoms with van der Waals surface area (Å²) in [5, 5.41) is 14.6. The molecule has 0 amide bonds. The summed E-state index contributed by atoms with van der Waals surface area (Å²) in [6.07, 6.45) is 6.28. The van der Waals surface area contributed by atoms with Gasteiger partial charge in [0.25, 0.3) is 0 Å². The second-order valence-corrected chi connectivity index (χ2v) is 7.13. The zero-order valence-electron chi connectivity index (χ0n) is 13.5. The van der Waals surface area contributed by atoms with E-state index in [1.165, 1.54) is 0 Å². The van der Waals surface area contributed by atoms with Gasteiger partial charge in [-0.05, 0) is 30.0 Å². The van der Waals surface area contributed by atoms with Gasteiger partial charge in [0.1, 0.15) is 0 Å². The van der Waals surface area contributed by atoms with Crippen molar-refractivity contribution in [3.63, 3.8) is 0 Å². The van der Waals surface area contributed by atoms with Crippen LogP contribution < -0.4 is 4.90 Å². The van der Waals surface area contributed by atoms with Crippen molar-refractivity contribution >= 4 is 5.69 Å². The lowest BCUT2D eigenvalue weighted by Gasteiger charge is -2.31. The van der Waals surface area contributed by atoms with E-state index in [1.807, 2.05) is 24.5 Å². The van der Waals surface area contributed by atoms with Gasteiger partial charge in [-0.3, -0.25) is 0 Å². The average molecular weight is 300 g/mol. The highest BCUT2D eigenvalue weighted by Gasteiger charge is 2.35. The van der Waals surface area contributed by atoms with Crippen LogP contribution in [0.5, 0.6) is 0 Å². The minimum atomic E-state index is -0.270. The predicted molar refractivity (Wildman–Crippen MR) is 87.1 cm³/mol.